The summed E-state index contributed by atoms with van der Waals surface area (Å²) in [7, 11) is 0. The van der Waals surface area contributed by atoms with E-state index in [2.05, 4.69) is 22.8 Å². The average molecular weight is 249 g/mol. The Balaban J connectivity index is 1.82. The van der Waals surface area contributed by atoms with E-state index in [0.29, 0.717) is 0 Å². The summed E-state index contributed by atoms with van der Waals surface area (Å²) < 4.78 is 0. The molecule has 1 saturated heterocycles. The summed E-state index contributed by atoms with van der Waals surface area (Å²) in [6, 6.07) is 3.23. The summed E-state index contributed by atoms with van der Waals surface area (Å²) in [5, 5.41) is 9.18. The van der Waals surface area contributed by atoms with Crippen molar-refractivity contribution < 1.29 is 0 Å². The van der Waals surface area contributed by atoms with Gasteiger partial charge in [0.25, 0.3) is 0 Å². The minimum atomic E-state index is -0.298. The summed E-state index contributed by atoms with van der Waals surface area (Å²) >= 11 is 0. The lowest BCUT2D eigenvalue weighted by Crippen LogP contribution is -2.56. The Morgan fingerprint density at radius 1 is 1.00 bits per heavy atom. The van der Waals surface area contributed by atoms with Crippen LogP contribution in [-0.4, -0.2) is 47.6 Å². The van der Waals surface area contributed by atoms with Gasteiger partial charge in [0.2, 0.25) is 0 Å². The fraction of sp³-hybridized carbons (Fsp3) is 0.933. The normalized spacial score (nSPS) is 32.1. The van der Waals surface area contributed by atoms with Gasteiger partial charge in [-0.2, -0.15) is 5.26 Å². The van der Waals surface area contributed by atoms with Crippen LogP contribution in [0.1, 0.15) is 46.5 Å². The second kappa shape index (κ2) is 5.59. The van der Waals surface area contributed by atoms with Gasteiger partial charge >= 0.3 is 0 Å². The number of nitriles is 1. The van der Waals surface area contributed by atoms with E-state index in [-0.39, 0.29) is 5.54 Å². The molecule has 1 saturated carbocycles. The van der Waals surface area contributed by atoms with Crippen molar-refractivity contribution in [3.05, 3.63) is 0 Å². The van der Waals surface area contributed by atoms with Crippen LogP contribution in [0.5, 0.6) is 0 Å². The third-order valence-corrected chi connectivity index (χ3v) is 4.88. The molecule has 0 bridgehead atoms. The molecule has 0 radical (unpaired) electrons. The van der Waals surface area contributed by atoms with Crippen LogP contribution >= 0.6 is 0 Å². The quantitative estimate of drug-likeness (QED) is 0.753. The van der Waals surface area contributed by atoms with Crippen LogP contribution in [0.25, 0.3) is 0 Å². The van der Waals surface area contributed by atoms with Crippen LogP contribution in [0.2, 0.25) is 0 Å². The highest BCUT2D eigenvalue weighted by molar-refractivity contribution is 5.03. The van der Waals surface area contributed by atoms with Crippen molar-refractivity contribution in [1.82, 2.24) is 9.80 Å². The minimum Gasteiger partial charge on any atom is -0.298 e. The highest BCUT2D eigenvalue weighted by Crippen LogP contribution is 2.28. The molecule has 2 rings (SSSR count). The molecule has 102 valence electrons. The lowest BCUT2D eigenvalue weighted by atomic mass is 9.86. The molecule has 0 unspecified atom stereocenters. The van der Waals surface area contributed by atoms with Crippen LogP contribution in [0.15, 0.2) is 0 Å². The summed E-state index contributed by atoms with van der Waals surface area (Å²) in [6.45, 7) is 10.8. The molecule has 0 atom stereocenters. The van der Waals surface area contributed by atoms with E-state index in [1.54, 1.807) is 0 Å². The van der Waals surface area contributed by atoms with Crippen LogP contribution in [0.4, 0.5) is 0 Å². The van der Waals surface area contributed by atoms with Gasteiger partial charge in [-0.25, -0.2) is 0 Å². The van der Waals surface area contributed by atoms with Gasteiger partial charge in [0, 0.05) is 32.2 Å². The van der Waals surface area contributed by atoms with Crippen molar-refractivity contribution in [3.8, 4) is 6.07 Å². The molecule has 1 heterocycles. The maximum atomic E-state index is 9.18. The van der Waals surface area contributed by atoms with Gasteiger partial charge in [-0.15, -0.1) is 0 Å². The molecule has 2 fully saturated rings. The van der Waals surface area contributed by atoms with E-state index in [1.807, 2.05) is 13.8 Å². The van der Waals surface area contributed by atoms with E-state index in [0.717, 1.165) is 38.1 Å². The topological polar surface area (TPSA) is 30.3 Å². The predicted octanol–water partition coefficient (Wildman–Crippen LogP) is 2.48. The molecular formula is C15H27N3. The van der Waals surface area contributed by atoms with Gasteiger partial charge in [-0.3, -0.25) is 9.80 Å². The van der Waals surface area contributed by atoms with Gasteiger partial charge in [0.05, 0.1) is 6.07 Å². The molecule has 0 aromatic carbocycles. The molecule has 2 aliphatic rings. The summed E-state index contributed by atoms with van der Waals surface area (Å²) in [5.41, 5.74) is -0.298. The molecule has 1 aliphatic heterocycles. The van der Waals surface area contributed by atoms with E-state index in [4.69, 9.17) is 0 Å². The Bertz CT molecular complexity index is 302. The van der Waals surface area contributed by atoms with Crippen molar-refractivity contribution >= 4 is 0 Å². The van der Waals surface area contributed by atoms with Gasteiger partial charge < -0.3 is 0 Å². The molecule has 18 heavy (non-hydrogen) atoms. The van der Waals surface area contributed by atoms with Crippen molar-refractivity contribution in [2.24, 2.45) is 5.92 Å². The summed E-state index contributed by atoms with van der Waals surface area (Å²) in [6.07, 6.45) is 5.55. The Kier molecular flexibility index (Phi) is 4.29. The minimum absolute atomic E-state index is 0.298. The molecule has 0 aromatic heterocycles. The Morgan fingerprint density at radius 2 is 1.56 bits per heavy atom. The first-order valence-corrected chi connectivity index (χ1v) is 7.43. The van der Waals surface area contributed by atoms with Crippen molar-refractivity contribution in [1.29, 1.82) is 5.26 Å². The second-order valence-corrected chi connectivity index (χ2v) is 6.61. The second-order valence-electron chi connectivity index (χ2n) is 6.61. The predicted molar refractivity (Wildman–Crippen MR) is 74.3 cm³/mol. The molecule has 3 nitrogen and oxygen atoms in total. The van der Waals surface area contributed by atoms with E-state index >= 15 is 0 Å². The average Bonchev–Trinajstić information content (AvgIpc) is 2.40. The molecule has 3 heteroatoms. The molecule has 1 aliphatic carbocycles. The molecule has 0 aromatic rings. The van der Waals surface area contributed by atoms with E-state index in [1.165, 1.54) is 25.7 Å². The highest BCUT2D eigenvalue weighted by atomic mass is 15.3. The van der Waals surface area contributed by atoms with Crippen LogP contribution in [0, 0.1) is 17.2 Å². The first kappa shape index (κ1) is 13.8. The first-order valence-electron chi connectivity index (χ1n) is 7.43. The van der Waals surface area contributed by atoms with Crippen LogP contribution < -0.4 is 0 Å². The van der Waals surface area contributed by atoms with Gasteiger partial charge in [0.15, 0.2) is 0 Å². The fourth-order valence-corrected chi connectivity index (χ4v) is 3.32. The standard InChI is InChI=1S/C15H27N3/c1-13-4-6-14(7-5-13)17-8-10-18(11-9-17)15(2,3)12-16/h13-14H,4-11H2,1-3H3. The van der Waals surface area contributed by atoms with Crippen molar-refractivity contribution in [2.75, 3.05) is 26.2 Å². The summed E-state index contributed by atoms with van der Waals surface area (Å²) in [4.78, 5) is 4.99. The number of piperazine rings is 1. The maximum absolute atomic E-state index is 9.18. The molecule has 0 amide bonds. The smallest absolute Gasteiger partial charge is 0.103 e. The van der Waals surface area contributed by atoms with Crippen molar-refractivity contribution in [3.63, 3.8) is 0 Å². The van der Waals surface area contributed by atoms with Crippen LogP contribution in [-0.2, 0) is 0 Å². The largest absolute Gasteiger partial charge is 0.298 e. The van der Waals surface area contributed by atoms with Crippen molar-refractivity contribution in [2.45, 2.75) is 58.0 Å². The van der Waals surface area contributed by atoms with Crippen LogP contribution in [0.3, 0.4) is 0 Å². The number of hydrogen-bond acceptors (Lipinski definition) is 3. The zero-order valence-electron chi connectivity index (χ0n) is 12.2. The Morgan fingerprint density at radius 3 is 2.06 bits per heavy atom. The molecular weight excluding hydrogens is 222 g/mol. The third-order valence-electron chi connectivity index (χ3n) is 4.88. The Hall–Kier alpha value is -0.590. The van der Waals surface area contributed by atoms with E-state index in [9.17, 15) is 5.26 Å². The fourth-order valence-electron chi connectivity index (χ4n) is 3.32. The van der Waals surface area contributed by atoms with Gasteiger partial charge in [-0.05, 0) is 45.4 Å². The Labute approximate surface area is 112 Å². The monoisotopic (exact) mass is 249 g/mol. The highest BCUT2D eigenvalue weighted by Gasteiger charge is 2.32. The maximum Gasteiger partial charge on any atom is 0.103 e. The molecule has 0 spiro atoms. The third kappa shape index (κ3) is 3.05. The van der Waals surface area contributed by atoms with Gasteiger partial charge in [0.1, 0.15) is 5.54 Å². The first-order chi connectivity index (χ1) is 8.53. The lowest BCUT2D eigenvalue weighted by Gasteiger charge is -2.44. The van der Waals surface area contributed by atoms with E-state index < -0.39 is 0 Å². The van der Waals surface area contributed by atoms with Gasteiger partial charge in [-0.1, -0.05) is 6.92 Å². The lowest BCUT2D eigenvalue weighted by molar-refractivity contribution is 0.0415. The number of nitrogens with zero attached hydrogens (tertiary/aromatic N) is 3. The zero-order chi connectivity index (χ0) is 13.2. The SMILES string of the molecule is CC1CCC(N2CCN(C(C)(C)C#N)CC2)CC1. The molecule has 0 N–H and O–H groups in total. The zero-order valence-corrected chi connectivity index (χ0v) is 12.2. The number of rotatable bonds is 2. The summed E-state index contributed by atoms with van der Waals surface area (Å²) in [5.74, 6) is 0.931. The number of hydrogen-bond donors (Lipinski definition) is 0.